The van der Waals surface area contributed by atoms with Crippen molar-refractivity contribution in [2.75, 3.05) is 12.8 Å². The van der Waals surface area contributed by atoms with Gasteiger partial charge >= 0.3 is 5.97 Å². The molecule has 0 spiro atoms. The van der Waals surface area contributed by atoms with Crippen LogP contribution in [0.5, 0.6) is 0 Å². The minimum atomic E-state index is -3.34. The van der Waals surface area contributed by atoms with Crippen LogP contribution in [0.4, 0.5) is 0 Å². The van der Waals surface area contributed by atoms with Gasteiger partial charge in [0.15, 0.2) is 5.76 Å². The number of nitrogens with one attached hydrogen (secondary N) is 1. The molecule has 0 bridgehead atoms. The number of carbonyl (C=O) groups is 2. The lowest BCUT2D eigenvalue weighted by Gasteiger charge is -2.35. The summed E-state index contributed by atoms with van der Waals surface area (Å²) in [5.41, 5.74) is 0. The Bertz CT molecular complexity index is 697. The first kappa shape index (κ1) is 18.5. The summed E-state index contributed by atoms with van der Waals surface area (Å²) in [7, 11) is -3.34. The zero-order valence-corrected chi connectivity index (χ0v) is 14.3. The maximum atomic E-state index is 12.6. The molecule has 1 saturated heterocycles. The second-order valence-electron chi connectivity index (χ2n) is 5.94. The minimum absolute atomic E-state index is 0.0193. The number of likely N-dealkylation sites (tertiary alicyclic amines) is 1. The smallest absolute Gasteiger partial charge is 0.303 e. The number of hydrogen-bond acceptors (Lipinski definition) is 5. The number of carbonyl (C=O) groups excluding carboxylic acids is 1. The molecular formula is C15H22N2O6S. The summed E-state index contributed by atoms with van der Waals surface area (Å²) >= 11 is 0. The van der Waals surface area contributed by atoms with Gasteiger partial charge in [0.25, 0.3) is 5.91 Å². The number of piperidine rings is 1. The highest BCUT2D eigenvalue weighted by Gasteiger charge is 2.29. The van der Waals surface area contributed by atoms with E-state index in [0.29, 0.717) is 18.7 Å². The van der Waals surface area contributed by atoms with Crippen LogP contribution in [0, 0.1) is 0 Å². The van der Waals surface area contributed by atoms with Gasteiger partial charge in [-0.1, -0.05) is 0 Å². The lowest BCUT2D eigenvalue weighted by molar-refractivity contribution is -0.137. The summed E-state index contributed by atoms with van der Waals surface area (Å²) in [6.07, 6.45) is 4.11. The molecule has 1 fully saturated rings. The number of nitrogens with zero attached hydrogens (tertiary/aromatic N) is 1. The number of carboxylic acid groups (broad SMARTS) is 1. The fourth-order valence-corrected chi connectivity index (χ4v) is 3.19. The van der Waals surface area contributed by atoms with Crippen molar-refractivity contribution in [1.29, 1.82) is 0 Å². The van der Waals surface area contributed by atoms with Gasteiger partial charge in [0.2, 0.25) is 10.0 Å². The standard InChI is InChI=1S/C15H22N2O6S/c1-24(21,22)16-10-12-6-7-13(23-12)15(20)17-9-3-2-4-11(17)5-8-14(18)19/h6-7,11,16H,2-5,8-10H2,1H3,(H,18,19). The normalized spacial score (nSPS) is 18.5. The quantitative estimate of drug-likeness (QED) is 0.756. The second-order valence-corrected chi connectivity index (χ2v) is 7.77. The monoisotopic (exact) mass is 358 g/mol. The van der Waals surface area contributed by atoms with Crippen molar-refractivity contribution in [3.8, 4) is 0 Å². The summed E-state index contributed by atoms with van der Waals surface area (Å²) in [5.74, 6) is -0.666. The van der Waals surface area contributed by atoms with Crippen molar-refractivity contribution in [1.82, 2.24) is 9.62 Å². The first-order chi connectivity index (χ1) is 11.3. The van der Waals surface area contributed by atoms with E-state index >= 15 is 0 Å². The van der Waals surface area contributed by atoms with Crippen molar-refractivity contribution in [2.24, 2.45) is 0 Å². The zero-order valence-electron chi connectivity index (χ0n) is 13.5. The van der Waals surface area contributed by atoms with E-state index in [1.807, 2.05) is 0 Å². The average molecular weight is 358 g/mol. The molecular weight excluding hydrogens is 336 g/mol. The predicted octanol–water partition coefficient (Wildman–Crippen LogP) is 1.19. The van der Waals surface area contributed by atoms with Crippen LogP contribution in [-0.2, 0) is 21.4 Å². The fourth-order valence-electron chi connectivity index (χ4n) is 2.79. The molecule has 1 aliphatic rings. The van der Waals surface area contributed by atoms with E-state index in [2.05, 4.69) is 4.72 Å². The largest absolute Gasteiger partial charge is 0.481 e. The number of amides is 1. The second kappa shape index (κ2) is 7.80. The van der Waals surface area contributed by atoms with Gasteiger partial charge in [0.1, 0.15) is 5.76 Å². The first-order valence-corrected chi connectivity index (χ1v) is 9.71. The maximum absolute atomic E-state index is 12.6. The molecule has 2 rings (SSSR count). The Morgan fingerprint density at radius 2 is 2.12 bits per heavy atom. The Labute approximate surface area is 140 Å². The Morgan fingerprint density at radius 3 is 2.79 bits per heavy atom. The van der Waals surface area contributed by atoms with Crippen LogP contribution in [0.3, 0.4) is 0 Å². The molecule has 0 aromatic carbocycles. The van der Waals surface area contributed by atoms with Crippen molar-refractivity contribution < 1.29 is 27.5 Å². The third-order valence-corrected chi connectivity index (χ3v) is 4.63. The number of rotatable bonds is 7. The molecule has 0 aliphatic carbocycles. The maximum Gasteiger partial charge on any atom is 0.303 e. The highest BCUT2D eigenvalue weighted by atomic mass is 32.2. The lowest BCUT2D eigenvalue weighted by atomic mass is 9.97. The van der Waals surface area contributed by atoms with Gasteiger partial charge in [-0.2, -0.15) is 0 Å². The Hall–Kier alpha value is -1.87. The van der Waals surface area contributed by atoms with Crippen LogP contribution in [0.2, 0.25) is 0 Å². The molecule has 134 valence electrons. The SMILES string of the molecule is CS(=O)(=O)NCc1ccc(C(=O)N2CCCCC2CCC(=O)O)o1. The van der Waals surface area contributed by atoms with E-state index in [1.165, 1.54) is 6.07 Å². The van der Waals surface area contributed by atoms with Gasteiger partial charge < -0.3 is 14.4 Å². The number of furan rings is 1. The predicted molar refractivity (Wildman–Crippen MR) is 85.9 cm³/mol. The van der Waals surface area contributed by atoms with Crippen LogP contribution in [0.25, 0.3) is 0 Å². The molecule has 0 radical (unpaired) electrons. The molecule has 1 unspecified atom stereocenters. The van der Waals surface area contributed by atoms with Gasteiger partial charge in [-0.3, -0.25) is 9.59 Å². The van der Waals surface area contributed by atoms with Crippen LogP contribution in [0.15, 0.2) is 16.5 Å². The highest BCUT2D eigenvalue weighted by molar-refractivity contribution is 7.88. The van der Waals surface area contributed by atoms with E-state index in [0.717, 1.165) is 25.5 Å². The minimum Gasteiger partial charge on any atom is -0.481 e. The average Bonchev–Trinajstić information content (AvgIpc) is 2.99. The molecule has 1 atom stereocenters. The van der Waals surface area contributed by atoms with Gasteiger partial charge in [0, 0.05) is 19.0 Å². The van der Waals surface area contributed by atoms with Gasteiger partial charge in [0.05, 0.1) is 12.8 Å². The van der Waals surface area contributed by atoms with E-state index in [4.69, 9.17) is 9.52 Å². The first-order valence-electron chi connectivity index (χ1n) is 7.82. The van der Waals surface area contributed by atoms with Crippen LogP contribution < -0.4 is 4.72 Å². The van der Waals surface area contributed by atoms with Gasteiger partial charge in [-0.25, -0.2) is 13.1 Å². The summed E-state index contributed by atoms with van der Waals surface area (Å²) in [4.78, 5) is 25.0. The summed E-state index contributed by atoms with van der Waals surface area (Å²) in [6.45, 7) is 0.551. The third kappa shape index (κ3) is 5.34. The molecule has 9 heteroatoms. The Morgan fingerprint density at radius 1 is 1.38 bits per heavy atom. The highest BCUT2D eigenvalue weighted by Crippen LogP contribution is 2.23. The molecule has 1 aromatic heterocycles. The van der Waals surface area contributed by atoms with Crippen LogP contribution in [0.1, 0.15) is 48.4 Å². The number of aliphatic carboxylic acids is 1. The molecule has 2 heterocycles. The van der Waals surface area contributed by atoms with E-state index in [-0.39, 0.29) is 30.7 Å². The van der Waals surface area contributed by atoms with Crippen molar-refractivity contribution in [3.63, 3.8) is 0 Å². The molecule has 2 N–H and O–H groups in total. The molecule has 1 aliphatic heterocycles. The summed E-state index contributed by atoms with van der Waals surface area (Å²) in [6, 6.07) is 2.97. The fraction of sp³-hybridized carbons (Fsp3) is 0.600. The molecule has 8 nitrogen and oxygen atoms in total. The topological polar surface area (TPSA) is 117 Å². The molecule has 1 aromatic rings. The summed E-state index contributed by atoms with van der Waals surface area (Å²) in [5, 5.41) is 8.84. The third-order valence-electron chi connectivity index (χ3n) is 3.96. The molecule has 24 heavy (non-hydrogen) atoms. The lowest BCUT2D eigenvalue weighted by Crippen LogP contribution is -2.43. The number of carboxylic acids is 1. The van der Waals surface area contributed by atoms with Crippen molar-refractivity contribution in [3.05, 3.63) is 23.7 Å². The van der Waals surface area contributed by atoms with E-state index in [1.54, 1.807) is 11.0 Å². The number of hydrogen-bond donors (Lipinski definition) is 2. The van der Waals surface area contributed by atoms with E-state index in [9.17, 15) is 18.0 Å². The van der Waals surface area contributed by atoms with Crippen LogP contribution in [-0.4, -0.2) is 49.1 Å². The molecule has 0 saturated carbocycles. The van der Waals surface area contributed by atoms with Crippen LogP contribution >= 0.6 is 0 Å². The Balaban J connectivity index is 2.03. The van der Waals surface area contributed by atoms with Crippen molar-refractivity contribution in [2.45, 2.75) is 44.7 Å². The van der Waals surface area contributed by atoms with E-state index < -0.39 is 16.0 Å². The van der Waals surface area contributed by atoms with Crippen molar-refractivity contribution >= 4 is 21.9 Å². The van der Waals surface area contributed by atoms with Gasteiger partial charge in [-0.05, 0) is 37.8 Å². The molecule has 1 amide bonds. The number of sulfonamides is 1. The summed E-state index contributed by atoms with van der Waals surface area (Å²) < 4.78 is 29.9. The van der Waals surface area contributed by atoms with Gasteiger partial charge in [-0.15, -0.1) is 0 Å². The Kier molecular flexibility index (Phi) is 6.00. The zero-order chi connectivity index (χ0) is 17.7.